The molecule has 0 saturated carbocycles. The summed E-state index contributed by atoms with van der Waals surface area (Å²) in [6.07, 6.45) is 0.374. The van der Waals surface area contributed by atoms with E-state index in [1.807, 2.05) is 24.3 Å². The van der Waals surface area contributed by atoms with E-state index in [4.69, 9.17) is 13.9 Å². The molecule has 2 heterocycles. The summed E-state index contributed by atoms with van der Waals surface area (Å²) >= 11 is 0. The van der Waals surface area contributed by atoms with Gasteiger partial charge in [-0.15, -0.1) is 0 Å². The molecule has 2 aromatic rings. The molecule has 0 spiro atoms. The third kappa shape index (κ3) is 2.40. The summed E-state index contributed by atoms with van der Waals surface area (Å²) in [5.41, 5.74) is 1.55. The molecule has 17 heavy (non-hydrogen) atoms. The zero-order chi connectivity index (χ0) is 11.5. The molecule has 1 saturated heterocycles. The highest BCUT2D eigenvalue weighted by atomic mass is 16.6. The standard InChI is InChI=1S/C12H14N2O3/c1-2-4-11-10(3-1)14-12(17-11)16-8-9-7-13-5-6-15-9/h1-4,9,13H,5-8H2. The quantitative estimate of drug-likeness (QED) is 0.864. The van der Waals surface area contributed by atoms with Gasteiger partial charge in [0, 0.05) is 13.1 Å². The van der Waals surface area contributed by atoms with Gasteiger partial charge in [0.15, 0.2) is 5.58 Å². The lowest BCUT2D eigenvalue weighted by molar-refractivity contribution is -0.00560. The van der Waals surface area contributed by atoms with E-state index in [2.05, 4.69) is 10.3 Å². The monoisotopic (exact) mass is 234 g/mol. The summed E-state index contributed by atoms with van der Waals surface area (Å²) in [4.78, 5) is 4.23. The molecule has 1 unspecified atom stereocenters. The molecule has 1 aliphatic rings. The average Bonchev–Trinajstić information content (AvgIpc) is 2.80. The number of hydrogen-bond acceptors (Lipinski definition) is 5. The van der Waals surface area contributed by atoms with Crippen molar-refractivity contribution in [3.8, 4) is 6.08 Å². The maximum Gasteiger partial charge on any atom is 0.394 e. The van der Waals surface area contributed by atoms with Crippen LogP contribution in [-0.4, -0.2) is 37.4 Å². The lowest BCUT2D eigenvalue weighted by atomic mass is 10.3. The molecule has 90 valence electrons. The van der Waals surface area contributed by atoms with Crippen molar-refractivity contribution in [3.63, 3.8) is 0 Å². The topological polar surface area (TPSA) is 56.5 Å². The van der Waals surface area contributed by atoms with Crippen LogP contribution in [0.4, 0.5) is 0 Å². The van der Waals surface area contributed by atoms with Gasteiger partial charge in [-0.2, -0.15) is 4.98 Å². The van der Waals surface area contributed by atoms with Crippen molar-refractivity contribution >= 4 is 11.1 Å². The zero-order valence-electron chi connectivity index (χ0n) is 9.39. The largest absolute Gasteiger partial charge is 0.447 e. The highest BCUT2D eigenvalue weighted by molar-refractivity contribution is 5.72. The van der Waals surface area contributed by atoms with Crippen molar-refractivity contribution in [1.29, 1.82) is 0 Å². The molecule has 0 bridgehead atoms. The van der Waals surface area contributed by atoms with Crippen LogP contribution in [0.15, 0.2) is 28.7 Å². The summed E-state index contributed by atoms with van der Waals surface area (Å²) in [5, 5.41) is 3.24. The molecule has 1 aliphatic heterocycles. The number of fused-ring (bicyclic) bond motifs is 1. The Hall–Kier alpha value is -1.59. The summed E-state index contributed by atoms with van der Waals surface area (Å²) in [6, 6.07) is 7.59. The lowest BCUT2D eigenvalue weighted by Gasteiger charge is -2.22. The molecule has 1 aromatic heterocycles. The zero-order valence-corrected chi connectivity index (χ0v) is 9.39. The van der Waals surface area contributed by atoms with Crippen molar-refractivity contribution in [2.75, 3.05) is 26.3 Å². The van der Waals surface area contributed by atoms with Gasteiger partial charge in [-0.05, 0) is 12.1 Å². The Labute approximate surface area is 98.7 Å². The molecular formula is C12H14N2O3. The first-order chi connectivity index (χ1) is 8.42. The molecule has 1 fully saturated rings. The molecule has 5 heteroatoms. The van der Waals surface area contributed by atoms with Gasteiger partial charge >= 0.3 is 6.08 Å². The van der Waals surface area contributed by atoms with Crippen molar-refractivity contribution in [1.82, 2.24) is 10.3 Å². The first-order valence-electron chi connectivity index (χ1n) is 5.72. The smallest absolute Gasteiger partial charge is 0.394 e. The van der Waals surface area contributed by atoms with Crippen molar-refractivity contribution in [2.24, 2.45) is 0 Å². The first-order valence-corrected chi connectivity index (χ1v) is 5.72. The van der Waals surface area contributed by atoms with Gasteiger partial charge < -0.3 is 19.2 Å². The Bertz CT molecular complexity index is 458. The number of rotatable bonds is 3. The average molecular weight is 234 g/mol. The van der Waals surface area contributed by atoms with E-state index < -0.39 is 0 Å². The predicted molar refractivity (Wildman–Crippen MR) is 62.1 cm³/mol. The van der Waals surface area contributed by atoms with Gasteiger partial charge in [0.25, 0.3) is 0 Å². The summed E-state index contributed by atoms with van der Waals surface area (Å²) in [5.74, 6) is 0. The van der Waals surface area contributed by atoms with Crippen LogP contribution in [0.25, 0.3) is 11.1 Å². The highest BCUT2D eigenvalue weighted by Gasteiger charge is 2.15. The third-order valence-electron chi connectivity index (χ3n) is 2.67. The minimum Gasteiger partial charge on any atom is -0.447 e. The van der Waals surface area contributed by atoms with E-state index in [1.54, 1.807) is 0 Å². The third-order valence-corrected chi connectivity index (χ3v) is 2.67. The first kappa shape index (κ1) is 10.6. The Morgan fingerprint density at radius 3 is 3.18 bits per heavy atom. The van der Waals surface area contributed by atoms with Crippen LogP contribution >= 0.6 is 0 Å². The van der Waals surface area contributed by atoms with Crippen LogP contribution in [0.5, 0.6) is 6.08 Å². The fourth-order valence-corrected chi connectivity index (χ4v) is 1.80. The molecule has 3 rings (SSSR count). The van der Waals surface area contributed by atoms with Gasteiger partial charge in [0.2, 0.25) is 0 Å². The van der Waals surface area contributed by atoms with Crippen molar-refractivity contribution in [2.45, 2.75) is 6.10 Å². The van der Waals surface area contributed by atoms with E-state index in [9.17, 15) is 0 Å². The van der Waals surface area contributed by atoms with Gasteiger partial charge in [0.1, 0.15) is 18.2 Å². The van der Waals surface area contributed by atoms with E-state index in [1.165, 1.54) is 0 Å². The minimum atomic E-state index is 0.0683. The molecule has 0 aliphatic carbocycles. The van der Waals surface area contributed by atoms with Gasteiger partial charge in [0.05, 0.1) is 6.61 Å². The van der Waals surface area contributed by atoms with Gasteiger partial charge in [-0.25, -0.2) is 0 Å². The Kier molecular flexibility index (Phi) is 2.94. The second kappa shape index (κ2) is 4.73. The number of hydrogen-bond donors (Lipinski definition) is 1. The van der Waals surface area contributed by atoms with Crippen LogP contribution in [-0.2, 0) is 4.74 Å². The molecular weight excluding hydrogens is 220 g/mol. The number of aromatic nitrogens is 1. The summed E-state index contributed by atoms with van der Waals surface area (Å²) in [6.45, 7) is 2.89. The van der Waals surface area contributed by atoms with Crippen LogP contribution in [0, 0.1) is 0 Å². The molecule has 0 amide bonds. The Balaban J connectivity index is 1.64. The van der Waals surface area contributed by atoms with Gasteiger partial charge in [-0.3, -0.25) is 0 Å². The van der Waals surface area contributed by atoms with E-state index in [-0.39, 0.29) is 6.10 Å². The second-order valence-electron chi connectivity index (χ2n) is 3.96. The Morgan fingerprint density at radius 1 is 1.41 bits per heavy atom. The van der Waals surface area contributed by atoms with Crippen molar-refractivity contribution < 1.29 is 13.9 Å². The number of nitrogens with one attached hydrogen (secondary N) is 1. The predicted octanol–water partition coefficient (Wildman–Crippen LogP) is 1.19. The van der Waals surface area contributed by atoms with Crippen LogP contribution in [0.3, 0.4) is 0 Å². The number of nitrogens with zero attached hydrogens (tertiary/aromatic N) is 1. The number of ether oxygens (including phenoxy) is 2. The normalized spacial score (nSPS) is 20.6. The summed E-state index contributed by atoms with van der Waals surface area (Å²) in [7, 11) is 0. The number of morpholine rings is 1. The van der Waals surface area contributed by atoms with Gasteiger partial charge in [-0.1, -0.05) is 12.1 Å². The minimum absolute atomic E-state index is 0.0683. The second-order valence-corrected chi connectivity index (χ2v) is 3.96. The SMILES string of the molecule is c1ccc2oc(OCC3CNCCO3)nc2c1. The van der Waals surface area contributed by atoms with Crippen LogP contribution < -0.4 is 10.1 Å². The molecule has 1 N–H and O–H groups in total. The van der Waals surface area contributed by atoms with Crippen LogP contribution in [0.2, 0.25) is 0 Å². The van der Waals surface area contributed by atoms with E-state index in [0.717, 1.165) is 30.8 Å². The molecule has 5 nitrogen and oxygen atoms in total. The molecule has 1 aromatic carbocycles. The maximum atomic E-state index is 5.52. The molecule has 1 atom stereocenters. The van der Waals surface area contributed by atoms with Crippen LogP contribution in [0.1, 0.15) is 0 Å². The molecule has 0 radical (unpaired) electrons. The van der Waals surface area contributed by atoms with E-state index in [0.29, 0.717) is 12.7 Å². The lowest BCUT2D eigenvalue weighted by Crippen LogP contribution is -2.41. The summed E-state index contributed by atoms with van der Waals surface area (Å²) < 4.78 is 16.5. The number of oxazole rings is 1. The van der Waals surface area contributed by atoms with E-state index >= 15 is 0 Å². The maximum absolute atomic E-state index is 5.52. The fraction of sp³-hybridized carbons (Fsp3) is 0.417. The number of para-hydroxylation sites is 2. The number of benzene rings is 1. The fourth-order valence-electron chi connectivity index (χ4n) is 1.80. The van der Waals surface area contributed by atoms with Crippen molar-refractivity contribution in [3.05, 3.63) is 24.3 Å². The highest BCUT2D eigenvalue weighted by Crippen LogP contribution is 2.19. The Morgan fingerprint density at radius 2 is 2.35 bits per heavy atom.